The van der Waals surface area contributed by atoms with Crippen molar-refractivity contribution in [1.29, 1.82) is 0 Å². The molecule has 0 aliphatic heterocycles. The van der Waals surface area contributed by atoms with Gasteiger partial charge >= 0.3 is 35.3 Å². The summed E-state index contributed by atoms with van der Waals surface area (Å²) in [5.41, 5.74) is -1.41. The average molecular weight is 400 g/mol. The van der Waals surface area contributed by atoms with Crippen molar-refractivity contribution in [3.05, 3.63) is 0 Å². The van der Waals surface area contributed by atoms with E-state index in [1.807, 2.05) is 13.8 Å². The second-order valence-electron chi connectivity index (χ2n) is 5.52. The second-order valence-corrected chi connectivity index (χ2v) is 6.40. The first kappa shape index (κ1) is 26.7. The third-order valence-electron chi connectivity index (χ3n) is 3.84. The quantitative estimate of drug-likeness (QED) is 0.186. The van der Waals surface area contributed by atoms with E-state index in [1.54, 1.807) is 13.8 Å². The van der Waals surface area contributed by atoms with Crippen LogP contribution in [0.1, 0.15) is 66.2 Å². The van der Waals surface area contributed by atoms with Gasteiger partial charge in [-0.1, -0.05) is 40.5 Å². The minimum absolute atomic E-state index is 0.239. The number of ether oxygens (including phenoxy) is 2. The first-order chi connectivity index (χ1) is 11.7. The first-order valence-electron chi connectivity index (χ1n) is 8.66. The number of carboxylic acids is 1. The van der Waals surface area contributed by atoms with Crippen molar-refractivity contribution in [3.63, 3.8) is 0 Å². The Kier molecular flexibility index (Phi) is 16.8. The van der Waals surface area contributed by atoms with Crippen molar-refractivity contribution < 1.29 is 53.5 Å². The molecule has 0 aliphatic carbocycles. The Morgan fingerprint density at radius 1 is 0.960 bits per heavy atom. The Hall–Kier alpha value is -0.506. The Morgan fingerprint density at radius 3 is 1.56 bits per heavy atom. The molecular formula is C16H32O8Ti. The molecule has 8 nitrogen and oxygen atoms in total. The van der Waals surface area contributed by atoms with Gasteiger partial charge in [-0.3, -0.25) is 9.59 Å². The van der Waals surface area contributed by atoms with Gasteiger partial charge in [-0.2, -0.15) is 0 Å². The molecular weight excluding hydrogens is 368 g/mol. The van der Waals surface area contributed by atoms with Crippen LogP contribution in [-0.2, 0) is 41.0 Å². The Balaban J connectivity index is 0. The number of hydrogen-bond donors (Lipinski definition) is 3. The van der Waals surface area contributed by atoms with Crippen LogP contribution in [0.4, 0.5) is 0 Å². The van der Waals surface area contributed by atoms with Crippen LogP contribution in [0.3, 0.4) is 0 Å². The molecule has 0 atom stereocenters. The normalized spacial score (nSPS) is 11.0. The first-order valence-corrected chi connectivity index (χ1v) is 10.7. The van der Waals surface area contributed by atoms with Crippen LogP contribution in [0.5, 0.6) is 0 Å². The van der Waals surface area contributed by atoms with Crippen molar-refractivity contribution in [3.8, 4) is 0 Å². The number of carboxylic acid groups (broad SMARTS) is 1. The molecule has 25 heavy (non-hydrogen) atoms. The number of Topliss-reactive ketones (excluding diaryl/α,β-unsaturated/α-hetero) is 1. The van der Waals surface area contributed by atoms with Crippen molar-refractivity contribution in [1.82, 2.24) is 0 Å². The summed E-state index contributed by atoms with van der Waals surface area (Å²) in [4.78, 5) is 24.2. The van der Waals surface area contributed by atoms with E-state index in [0.717, 1.165) is 25.7 Å². The molecule has 0 heterocycles. The van der Waals surface area contributed by atoms with Crippen LogP contribution in [0.25, 0.3) is 0 Å². The van der Waals surface area contributed by atoms with E-state index in [1.165, 1.54) is 0 Å². The topological polar surface area (TPSA) is 130 Å². The fourth-order valence-corrected chi connectivity index (χ4v) is 2.10. The van der Waals surface area contributed by atoms with E-state index < -0.39 is 42.1 Å². The van der Waals surface area contributed by atoms with Gasteiger partial charge in [0, 0.05) is 0 Å². The number of hydrogen-bond acceptors (Lipinski definition) is 5. The third-order valence-corrected chi connectivity index (χ3v) is 3.84. The number of rotatable bonds is 13. The summed E-state index contributed by atoms with van der Waals surface area (Å²) in [7, 11) is 0. The van der Waals surface area contributed by atoms with E-state index in [0.29, 0.717) is 13.2 Å². The monoisotopic (exact) mass is 400 g/mol. The number of aliphatic carboxylic acids is 1. The predicted octanol–water partition coefficient (Wildman–Crippen LogP) is 2.17. The summed E-state index contributed by atoms with van der Waals surface area (Å²) in [5, 5.41) is 9.45. The Morgan fingerprint density at radius 2 is 1.32 bits per heavy atom. The molecule has 0 aliphatic rings. The third kappa shape index (κ3) is 10.9. The van der Waals surface area contributed by atoms with Crippen LogP contribution in [0.2, 0.25) is 0 Å². The molecule has 0 radical (unpaired) electrons. The number of ketones is 1. The van der Waals surface area contributed by atoms with E-state index in [4.69, 9.17) is 20.2 Å². The van der Waals surface area contributed by atoms with Gasteiger partial charge in [0.1, 0.15) is 5.41 Å². The van der Waals surface area contributed by atoms with Crippen LogP contribution < -0.4 is 0 Å². The van der Waals surface area contributed by atoms with Crippen LogP contribution >= 0.6 is 0 Å². The maximum atomic E-state index is 12.6. The summed E-state index contributed by atoms with van der Waals surface area (Å²) >= 11 is -3.58. The molecule has 0 saturated heterocycles. The summed E-state index contributed by atoms with van der Waals surface area (Å²) < 4.78 is 34.3. The maximum absolute atomic E-state index is 12.6. The Bertz CT molecular complexity index is 382. The van der Waals surface area contributed by atoms with Gasteiger partial charge in [-0.05, 0) is 25.7 Å². The summed E-state index contributed by atoms with van der Waals surface area (Å²) in [6.45, 7) is 8.29. The fourth-order valence-electron chi connectivity index (χ4n) is 2.10. The van der Waals surface area contributed by atoms with Gasteiger partial charge < -0.3 is 14.6 Å². The van der Waals surface area contributed by atoms with Gasteiger partial charge in [0.05, 0.1) is 13.2 Å². The molecule has 0 spiro atoms. The van der Waals surface area contributed by atoms with E-state index in [2.05, 4.69) is 0 Å². The molecule has 0 aromatic heterocycles. The zero-order valence-corrected chi connectivity index (χ0v) is 17.2. The fraction of sp³-hybridized carbons (Fsp3) is 0.875. The van der Waals surface area contributed by atoms with Crippen molar-refractivity contribution in [2.45, 2.75) is 72.5 Å². The number of unbranched alkanes of at least 4 members (excludes halogenated alkanes) is 2. The Labute approximate surface area is 156 Å². The zero-order chi connectivity index (χ0) is 19.9. The van der Waals surface area contributed by atoms with Gasteiger partial charge in [-0.25, -0.2) is 0 Å². The molecule has 0 rings (SSSR count). The average Bonchev–Trinajstić information content (AvgIpc) is 2.54. The van der Waals surface area contributed by atoms with Crippen LogP contribution in [0.15, 0.2) is 0 Å². The molecule has 0 saturated carbocycles. The van der Waals surface area contributed by atoms with Crippen molar-refractivity contribution >= 4 is 11.8 Å². The summed E-state index contributed by atoms with van der Waals surface area (Å²) in [5.74, 6) is -1.56. The molecule has 148 valence electrons. The molecule has 3 N–H and O–H groups in total. The van der Waals surface area contributed by atoms with Gasteiger partial charge in [0.25, 0.3) is 0 Å². The van der Waals surface area contributed by atoms with Crippen molar-refractivity contribution in [2.24, 2.45) is 5.41 Å². The summed E-state index contributed by atoms with van der Waals surface area (Å²) in [6, 6.07) is 0. The molecule has 0 unspecified atom stereocenters. The number of carbonyl (C=O) groups is 2. The van der Waals surface area contributed by atoms with E-state index in [-0.39, 0.29) is 12.8 Å². The predicted molar refractivity (Wildman–Crippen MR) is 86.3 cm³/mol. The summed E-state index contributed by atoms with van der Waals surface area (Å²) in [6.07, 6.45) is 2.94. The van der Waals surface area contributed by atoms with Crippen molar-refractivity contribution in [2.75, 3.05) is 13.2 Å². The molecule has 0 bridgehead atoms. The number of carbonyl (C=O) groups excluding carboxylic acids is 1. The molecule has 0 fully saturated rings. The molecule has 9 heteroatoms. The van der Waals surface area contributed by atoms with Gasteiger partial charge in [0.15, 0.2) is 0 Å². The SMILES string of the molecule is CCCCOC(OCCCC)C(=O)C(CC)(CC)C(=O)O.[O]=[Ti]([OH])[OH]. The van der Waals surface area contributed by atoms with Crippen LogP contribution in [0, 0.1) is 5.41 Å². The minimum atomic E-state index is -3.58. The second kappa shape index (κ2) is 15.7. The van der Waals surface area contributed by atoms with E-state index in [9.17, 15) is 14.7 Å². The molecule has 0 aromatic rings. The van der Waals surface area contributed by atoms with Crippen LogP contribution in [-0.4, -0.2) is 43.7 Å². The standard InChI is InChI=1S/C16H30O5.2H2O.O.Ti/c1-5-9-11-20-14(21-12-10-6-2)13(17)16(7-3,8-4)15(18)19;;;;/h14H,5-12H2,1-4H3,(H,18,19);2*1H2;;/q;;;;+2/p-2. The molecule has 0 amide bonds. The van der Waals surface area contributed by atoms with Gasteiger partial charge in [-0.15, -0.1) is 0 Å². The van der Waals surface area contributed by atoms with E-state index >= 15 is 0 Å². The zero-order valence-electron chi connectivity index (χ0n) is 15.6. The molecule has 0 aromatic carbocycles. The van der Waals surface area contributed by atoms with Gasteiger partial charge in [0.2, 0.25) is 12.1 Å².